The molecule has 3 N–H and O–H groups in total. The summed E-state index contributed by atoms with van der Waals surface area (Å²) in [5, 5.41) is 10.1. The highest BCUT2D eigenvalue weighted by Crippen LogP contribution is 1.98. The van der Waals surface area contributed by atoms with Crippen LogP contribution >= 0.6 is 0 Å². The van der Waals surface area contributed by atoms with Gasteiger partial charge in [0.25, 0.3) is 5.91 Å². The number of nitrogens with zero attached hydrogens (tertiary/aromatic N) is 2. The first-order chi connectivity index (χ1) is 8.24. The number of carbonyl (C=O) groups excluding carboxylic acids is 1. The van der Waals surface area contributed by atoms with Crippen LogP contribution in [-0.4, -0.2) is 36.4 Å². The second-order valence-corrected chi connectivity index (χ2v) is 3.65. The first kappa shape index (κ1) is 13.4. The summed E-state index contributed by atoms with van der Waals surface area (Å²) in [6, 6.07) is 3.11. The van der Waals surface area contributed by atoms with Crippen molar-refractivity contribution >= 4 is 11.7 Å². The molecule has 6 nitrogen and oxygen atoms in total. The number of carbonyl (C=O) groups is 1. The number of hydrogen-bond acceptors (Lipinski definition) is 5. The number of hydrogen-bond donors (Lipinski definition) is 2. The fourth-order valence-electron chi connectivity index (χ4n) is 1.30. The fourth-order valence-corrected chi connectivity index (χ4v) is 1.30. The first-order valence-electron chi connectivity index (χ1n) is 5.60. The van der Waals surface area contributed by atoms with Gasteiger partial charge in [0.05, 0.1) is 0 Å². The van der Waals surface area contributed by atoms with Gasteiger partial charge in [-0.2, -0.15) is 0 Å². The first-order valence-corrected chi connectivity index (χ1v) is 5.60. The molecule has 0 unspecified atom stereocenters. The molecule has 94 valence electrons. The second-order valence-electron chi connectivity index (χ2n) is 3.65. The molecule has 0 aliphatic rings. The molecule has 1 rings (SSSR count). The van der Waals surface area contributed by atoms with Crippen LogP contribution in [0.1, 0.15) is 29.8 Å². The lowest BCUT2D eigenvalue weighted by atomic mass is 10.2. The molecule has 1 aromatic rings. The van der Waals surface area contributed by atoms with Crippen molar-refractivity contribution in [2.24, 2.45) is 0 Å². The smallest absolute Gasteiger partial charge is 0.271 e. The van der Waals surface area contributed by atoms with Gasteiger partial charge in [-0.05, 0) is 31.4 Å². The summed E-state index contributed by atoms with van der Waals surface area (Å²) in [5.74, 6) is 0.0883. The Kier molecular flexibility index (Phi) is 5.95. The average Bonchev–Trinajstić information content (AvgIpc) is 2.34. The second kappa shape index (κ2) is 7.56. The third kappa shape index (κ3) is 5.26. The minimum absolute atomic E-state index is 0.218. The number of nitrogen functional groups attached to an aromatic ring is 1. The molecule has 1 heterocycles. The lowest BCUT2D eigenvalue weighted by molar-refractivity contribution is 0.0946. The number of nitrogens with two attached hydrogens (primary N) is 1. The molecule has 1 aromatic heterocycles. The molecule has 0 aliphatic carbocycles. The monoisotopic (exact) mass is 238 g/mol. The van der Waals surface area contributed by atoms with Crippen LogP contribution in [0.2, 0.25) is 0 Å². The standard InChI is InChI=1S/C11H18N4O2/c1-17-8-4-2-3-7-13-11(16)9-5-6-10(12)15-14-9/h5-6H,2-4,7-8H2,1H3,(H2,12,15)(H,13,16). The van der Waals surface area contributed by atoms with Gasteiger partial charge in [0.2, 0.25) is 0 Å². The Morgan fingerprint density at radius 3 is 2.82 bits per heavy atom. The minimum atomic E-state index is -0.218. The fraction of sp³-hybridized carbons (Fsp3) is 0.545. The van der Waals surface area contributed by atoms with Crippen molar-refractivity contribution in [1.82, 2.24) is 15.5 Å². The van der Waals surface area contributed by atoms with Gasteiger partial charge >= 0.3 is 0 Å². The third-order valence-corrected chi connectivity index (χ3v) is 2.23. The predicted molar refractivity (Wildman–Crippen MR) is 64.5 cm³/mol. The zero-order chi connectivity index (χ0) is 12.5. The number of ether oxygens (including phenoxy) is 1. The highest BCUT2D eigenvalue weighted by atomic mass is 16.5. The van der Waals surface area contributed by atoms with Crippen molar-refractivity contribution in [2.45, 2.75) is 19.3 Å². The van der Waals surface area contributed by atoms with Crippen molar-refractivity contribution in [3.63, 3.8) is 0 Å². The molecular formula is C11H18N4O2. The number of aromatic nitrogens is 2. The van der Waals surface area contributed by atoms with Crippen LogP contribution in [0.15, 0.2) is 12.1 Å². The Bertz CT molecular complexity index is 340. The van der Waals surface area contributed by atoms with E-state index in [4.69, 9.17) is 10.5 Å². The predicted octanol–water partition coefficient (Wildman–Crippen LogP) is 0.605. The van der Waals surface area contributed by atoms with E-state index < -0.39 is 0 Å². The molecule has 1 amide bonds. The van der Waals surface area contributed by atoms with Crippen molar-refractivity contribution < 1.29 is 9.53 Å². The summed E-state index contributed by atoms with van der Waals surface area (Å²) in [5.41, 5.74) is 5.67. The maximum Gasteiger partial charge on any atom is 0.271 e. The van der Waals surface area contributed by atoms with Gasteiger partial charge in [-0.3, -0.25) is 4.79 Å². The Labute approximate surface area is 101 Å². The van der Waals surface area contributed by atoms with E-state index in [1.807, 2.05) is 0 Å². The Morgan fingerprint density at radius 2 is 2.18 bits per heavy atom. The van der Waals surface area contributed by atoms with Gasteiger partial charge in [0.1, 0.15) is 5.82 Å². The molecule has 17 heavy (non-hydrogen) atoms. The van der Waals surface area contributed by atoms with Gasteiger partial charge in [-0.1, -0.05) is 0 Å². The van der Waals surface area contributed by atoms with Crippen LogP contribution < -0.4 is 11.1 Å². The maximum absolute atomic E-state index is 11.6. The molecule has 0 aromatic carbocycles. The van der Waals surface area contributed by atoms with Crippen molar-refractivity contribution in [1.29, 1.82) is 0 Å². The SMILES string of the molecule is COCCCCCNC(=O)c1ccc(N)nn1. The summed E-state index contributed by atoms with van der Waals surface area (Å²) in [6.07, 6.45) is 2.97. The summed E-state index contributed by atoms with van der Waals surface area (Å²) in [4.78, 5) is 11.6. The van der Waals surface area contributed by atoms with E-state index in [1.165, 1.54) is 0 Å². The third-order valence-electron chi connectivity index (χ3n) is 2.23. The number of rotatable bonds is 7. The summed E-state index contributed by atoms with van der Waals surface area (Å²) in [7, 11) is 1.68. The van der Waals surface area contributed by atoms with Gasteiger partial charge in [0.15, 0.2) is 5.69 Å². The highest BCUT2D eigenvalue weighted by Gasteiger charge is 2.06. The molecule has 0 saturated heterocycles. The van der Waals surface area contributed by atoms with Gasteiger partial charge < -0.3 is 15.8 Å². The van der Waals surface area contributed by atoms with Gasteiger partial charge in [-0.15, -0.1) is 10.2 Å². The molecular weight excluding hydrogens is 220 g/mol. The number of anilines is 1. The quantitative estimate of drug-likeness (QED) is 0.679. The van der Waals surface area contributed by atoms with Gasteiger partial charge in [0, 0.05) is 20.3 Å². The topological polar surface area (TPSA) is 90.1 Å². The molecule has 0 bridgehead atoms. The van der Waals surface area contributed by atoms with E-state index >= 15 is 0 Å². The summed E-state index contributed by atoms with van der Waals surface area (Å²) >= 11 is 0. The van der Waals surface area contributed by atoms with Gasteiger partial charge in [-0.25, -0.2) is 0 Å². The van der Waals surface area contributed by atoms with E-state index in [0.717, 1.165) is 25.9 Å². The number of methoxy groups -OCH3 is 1. The normalized spacial score (nSPS) is 10.2. The zero-order valence-corrected chi connectivity index (χ0v) is 9.98. The van der Waals surface area contributed by atoms with E-state index in [9.17, 15) is 4.79 Å². The minimum Gasteiger partial charge on any atom is -0.385 e. The Balaban J connectivity index is 2.19. The number of amides is 1. The van der Waals surface area contributed by atoms with Crippen LogP contribution in [0, 0.1) is 0 Å². The van der Waals surface area contributed by atoms with Crippen LogP contribution in [0.5, 0.6) is 0 Å². The average molecular weight is 238 g/mol. The molecule has 0 spiro atoms. The van der Waals surface area contributed by atoms with E-state index in [2.05, 4.69) is 15.5 Å². The van der Waals surface area contributed by atoms with E-state index in [0.29, 0.717) is 12.4 Å². The van der Waals surface area contributed by atoms with E-state index in [1.54, 1.807) is 19.2 Å². The largest absolute Gasteiger partial charge is 0.385 e. The van der Waals surface area contributed by atoms with Crippen LogP contribution in [0.4, 0.5) is 5.82 Å². The molecule has 0 saturated carbocycles. The van der Waals surface area contributed by atoms with Crippen LogP contribution in [0.3, 0.4) is 0 Å². The lowest BCUT2D eigenvalue weighted by Gasteiger charge is -2.04. The molecule has 6 heteroatoms. The van der Waals surface area contributed by atoms with Crippen LogP contribution in [-0.2, 0) is 4.74 Å². The molecule has 0 aliphatic heterocycles. The highest BCUT2D eigenvalue weighted by molar-refractivity contribution is 5.92. The number of nitrogens with one attached hydrogen (secondary N) is 1. The van der Waals surface area contributed by atoms with Crippen LogP contribution in [0.25, 0.3) is 0 Å². The number of unbranched alkanes of at least 4 members (excludes halogenated alkanes) is 2. The maximum atomic E-state index is 11.6. The molecule has 0 radical (unpaired) electrons. The zero-order valence-electron chi connectivity index (χ0n) is 9.98. The van der Waals surface area contributed by atoms with Crippen molar-refractivity contribution in [3.05, 3.63) is 17.8 Å². The molecule has 0 atom stereocenters. The molecule has 0 fully saturated rings. The van der Waals surface area contributed by atoms with Crippen molar-refractivity contribution in [2.75, 3.05) is 26.0 Å². The summed E-state index contributed by atoms with van der Waals surface area (Å²) in [6.45, 7) is 1.39. The van der Waals surface area contributed by atoms with E-state index in [-0.39, 0.29) is 11.6 Å². The Hall–Kier alpha value is -1.69. The summed E-state index contributed by atoms with van der Waals surface area (Å²) < 4.78 is 4.93. The lowest BCUT2D eigenvalue weighted by Crippen LogP contribution is -2.25. The Morgan fingerprint density at radius 1 is 1.35 bits per heavy atom. The van der Waals surface area contributed by atoms with Crippen molar-refractivity contribution in [3.8, 4) is 0 Å².